The Hall–Kier alpha value is -2.31. The zero-order valence-electron chi connectivity index (χ0n) is 15.5. The average molecular weight is 472 g/mol. The van der Waals surface area contributed by atoms with Gasteiger partial charge in [-0.25, -0.2) is 0 Å². The molecule has 0 aliphatic carbocycles. The van der Waals surface area contributed by atoms with E-state index in [4.69, 9.17) is 40.2 Å². The van der Waals surface area contributed by atoms with E-state index in [9.17, 15) is 4.79 Å². The minimum Gasteiger partial charge on any atom is -0.488 e. The second kappa shape index (κ2) is 9.23. The highest BCUT2D eigenvalue weighted by Crippen LogP contribution is 2.35. The molecule has 7 heteroatoms. The number of carbonyl (C=O) groups is 1. The Kier molecular flexibility index (Phi) is 6.44. The molecule has 3 nitrogen and oxygen atoms in total. The summed E-state index contributed by atoms with van der Waals surface area (Å²) in [6.07, 6.45) is 1.78. The van der Waals surface area contributed by atoms with E-state index in [1.165, 1.54) is 11.8 Å². The first-order valence-corrected chi connectivity index (χ1v) is 11.0. The van der Waals surface area contributed by atoms with Gasteiger partial charge in [0, 0.05) is 21.2 Å². The number of amides is 1. The average Bonchev–Trinajstić information content (AvgIpc) is 3.04. The van der Waals surface area contributed by atoms with Crippen molar-refractivity contribution in [1.82, 2.24) is 5.32 Å². The summed E-state index contributed by atoms with van der Waals surface area (Å²) in [5.74, 6) is 0.445. The van der Waals surface area contributed by atoms with E-state index in [0.29, 0.717) is 31.6 Å². The van der Waals surface area contributed by atoms with Gasteiger partial charge in [-0.15, -0.1) is 0 Å². The van der Waals surface area contributed by atoms with Crippen LogP contribution in [-0.4, -0.2) is 10.2 Å². The quantitative estimate of drug-likeness (QED) is 0.330. The molecular weight excluding hydrogens is 457 g/mol. The molecule has 1 aliphatic heterocycles. The molecule has 30 heavy (non-hydrogen) atoms. The second-order valence-corrected chi connectivity index (χ2v) is 9.07. The van der Waals surface area contributed by atoms with Crippen LogP contribution in [0.2, 0.25) is 10.0 Å². The lowest BCUT2D eigenvalue weighted by Gasteiger charge is -2.13. The Morgan fingerprint density at radius 3 is 2.53 bits per heavy atom. The van der Waals surface area contributed by atoms with Crippen molar-refractivity contribution in [2.75, 3.05) is 0 Å². The number of halogens is 2. The van der Waals surface area contributed by atoms with Gasteiger partial charge in [0.1, 0.15) is 16.7 Å². The van der Waals surface area contributed by atoms with Crippen molar-refractivity contribution < 1.29 is 9.53 Å². The number of hydrogen-bond acceptors (Lipinski definition) is 4. The minimum absolute atomic E-state index is 0.214. The molecule has 1 N–H and O–H groups in total. The minimum atomic E-state index is -0.214. The van der Waals surface area contributed by atoms with Gasteiger partial charge < -0.3 is 10.1 Å². The molecule has 0 spiro atoms. The van der Waals surface area contributed by atoms with Gasteiger partial charge >= 0.3 is 0 Å². The van der Waals surface area contributed by atoms with E-state index in [-0.39, 0.29) is 5.91 Å². The van der Waals surface area contributed by atoms with Gasteiger partial charge in [0.25, 0.3) is 5.91 Å². The molecule has 1 amide bonds. The molecule has 0 aromatic heterocycles. The molecule has 0 atom stereocenters. The van der Waals surface area contributed by atoms with Crippen LogP contribution in [-0.2, 0) is 11.4 Å². The third-order valence-electron chi connectivity index (χ3n) is 4.42. The van der Waals surface area contributed by atoms with Crippen molar-refractivity contribution >= 4 is 63.5 Å². The first kappa shape index (κ1) is 20.9. The lowest BCUT2D eigenvalue weighted by molar-refractivity contribution is -0.115. The highest BCUT2D eigenvalue weighted by molar-refractivity contribution is 8.26. The van der Waals surface area contributed by atoms with Gasteiger partial charge in [0.15, 0.2) is 0 Å². The number of thiocarbonyl (C=S) groups is 1. The lowest BCUT2D eigenvalue weighted by atomic mass is 10.0. The van der Waals surface area contributed by atoms with E-state index in [1.807, 2.05) is 54.6 Å². The number of nitrogens with one attached hydrogen (secondary N) is 1. The van der Waals surface area contributed by atoms with Crippen molar-refractivity contribution in [2.45, 2.75) is 6.61 Å². The van der Waals surface area contributed by atoms with Crippen LogP contribution < -0.4 is 10.1 Å². The van der Waals surface area contributed by atoms with Crippen molar-refractivity contribution in [3.63, 3.8) is 0 Å². The zero-order chi connectivity index (χ0) is 21.1. The summed E-state index contributed by atoms with van der Waals surface area (Å²) >= 11 is 18.8. The summed E-state index contributed by atoms with van der Waals surface area (Å²) in [4.78, 5) is 12.7. The molecule has 1 aliphatic rings. The van der Waals surface area contributed by atoms with E-state index >= 15 is 0 Å². The fourth-order valence-electron chi connectivity index (χ4n) is 2.98. The molecule has 0 saturated carbocycles. The van der Waals surface area contributed by atoms with Crippen molar-refractivity contribution in [2.24, 2.45) is 0 Å². The van der Waals surface area contributed by atoms with Crippen molar-refractivity contribution in [1.29, 1.82) is 0 Å². The standard InChI is InChI=1S/C23H15Cl2NO2S2/c24-17-7-8-18(19(25)12-17)15-6-9-20(28-13-14-4-2-1-3-5-14)16(10-15)11-21-22(27)26-23(29)30-21/h1-12H,13H2,(H,26,27,29)/b21-11-. The van der Waals surface area contributed by atoms with E-state index in [0.717, 1.165) is 22.3 Å². The maximum atomic E-state index is 12.2. The third kappa shape index (κ3) is 4.87. The summed E-state index contributed by atoms with van der Waals surface area (Å²) in [7, 11) is 0. The maximum Gasteiger partial charge on any atom is 0.263 e. The van der Waals surface area contributed by atoms with Crippen LogP contribution in [0.4, 0.5) is 0 Å². The first-order chi connectivity index (χ1) is 14.5. The van der Waals surface area contributed by atoms with Crippen LogP contribution >= 0.6 is 47.2 Å². The molecule has 0 radical (unpaired) electrons. The molecule has 3 aromatic rings. The molecule has 0 unspecified atom stereocenters. The highest BCUT2D eigenvalue weighted by Gasteiger charge is 2.23. The molecule has 4 rings (SSSR count). The highest BCUT2D eigenvalue weighted by atomic mass is 35.5. The first-order valence-electron chi connectivity index (χ1n) is 9.00. The summed E-state index contributed by atoms with van der Waals surface area (Å²) < 4.78 is 6.50. The van der Waals surface area contributed by atoms with Gasteiger partial charge in [0.05, 0.1) is 4.91 Å². The van der Waals surface area contributed by atoms with Crippen molar-refractivity contribution in [3.8, 4) is 16.9 Å². The van der Waals surface area contributed by atoms with Gasteiger partial charge in [-0.05, 0) is 41.5 Å². The Bertz CT molecular complexity index is 1160. The summed E-state index contributed by atoms with van der Waals surface area (Å²) in [6, 6.07) is 21.0. The van der Waals surface area contributed by atoms with E-state index < -0.39 is 0 Å². The van der Waals surface area contributed by atoms with Gasteiger partial charge in [0.2, 0.25) is 0 Å². The predicted molar refractivity (Wildman–Crippen MR) is 129 cm³/mol. The Labute approximate surface area is 194 Å². The van der Waals surface area contributed by atoms with Crippen LogP contribution in [0, 0.1) is 0 Å². The van der Waals surface area contributed by atoms with Crippen LogP contribution in [0.15, 0.2) is 71.6 Å². The van der Waals surface area contributed by atoms with Gasteiger partial charge in [-0.3, -0.25) is 4.79 Å². The fourth-order valence-corrected chi connectivity index (χ4v) is 4.53. The largest absolute Gasteiger partial charge is 0.488 e. The molecule has 0 bridgehead atoms. The van der Waals surface area contributed by atoms with Gasteiger partial charge in [-0.2, -0.15) is 0 Å². The second-order valence-electron chi connectivity index (χ2n) is 6.50. The Balaban J connectivity index is 1.72. The number of rotatable bonds is 5. The normalized spacial score (nSPS) is 14.8. The number of ether oxygens (including phenoxy) is 1. The molecule has 1 saturated heterocycles. The predicted octanol–water partition coefficient (Wildman–Crippen LogP) is 6.73. The maximum absolute atomic E-state index is 12.2. The van der Waals surface area contributed by atoms with Crippen LogP contribution in [0.3, 0.4) is 0 Å². The molecule has 1 fully saturated rings. The lowest BCUT2D eigenvalue weighted by Crippen LogP contribution is -2.17. The smallest absolute Gasteiger partial charge is 0.263 e. The molecule has 3 aromatic carbocycles. The van der Waals surface area contributed by atoms with Crippen LogP contribution in [0.1, 0.15) is 11.1 Å². The molecule has 150 valence electrons. The number of hydrogen-bond donors (Lipinski definition) is 1. The van der Waals surface area contributed by atoms with Crippen molar-refractivity contribution in [3.05, 3.63) is 92.8 Å². The van der Waals surface area contributed by atoms with Crippen LogP contribution in [0.25, 0.3) is 17.2 Å². The SMILES string of the molecule is O=C1NC(=S)S/C1=C\c1cc(-c2ccc(Cl)cc2Cl)ccc1OCc1ccccc1. The summed E-state index contributed by atoms with van der Waals surface area (Å²) in [5.41, 5.74) is 3.54. The number of benzene rings is 3. The number of thioether (sulfide) groups is 1. The topological polar surface area (TPSA) is 38.3 Å². The summed E-state index contributed by atoms with van der Waals surface area (Å²) in [6.45, 7) is 0.413. The van der Waals surface area contributed by atoms with E-state index in [1.54, 1.807) is 18.2 Å². The Morgan fingerprint density at radius 2 is 1.83 bits per heavy atom. The van der Waals surface area contributed by atoms with Gasteiger partial charge in [-0.1, -0.05) is 89.6 Å². The number of carbonyl (C=O) groups excluding carboxylic acids is 1. The third-order valence-corrected chi connectivity index (χ3v) is 6.13. The molecule has 1 heterocycles. The monoisotopic (exact) mass is 471 g/mol. The van der Waals surface area contributed by atoms with E-state index in [2.05, 4.69) is 5.32 Å². The summed E-state index contributed by atoms with van der Waals surface area (Å²) in [5, 5.41) is 3.76. The fraction of sp³-hybridized carbons (Fsp3) is 0.0435. The van der Waals surface area contributed by atoms with Crippen LogP contribution in [0.5, 0.6) is 5.75 Å². The Morgan fingerprint density at radius 1 is 1.03 bits per heavy atom. The zero-order valence-corrected chi connectivity index (χ0v) is 18.7. The molecular formula is C23H15Cl2NO2S2.